The van der Waals surface area contributed by atoms with E-state index in [1.54, 1.807) is 30.5 Å². The fourth-order valence-electron chi connectivity index (χ4n) is 4.57. The predicted molar refractivity (Wildman–Crippen MR) is 130 cm³/mol. The van der Waals surface area contributed by atoms with E-state index in [1.165, 1.54) is 4.68 Å². The van der Waals surface area contributed by atoms with Gasteiger partial charge in [0.2, 0.25) is 5.95 Å². The number of carbonyl (C=O) groups excluding carboxylic acids is 1. The summed E-state index contributed by atoms with van der Waals surface area (Å²) in [6, 6.07) is 1.39. The first-order valence-corrected chi connectivity index (χ1v) is 12.0. The number of hydrogen-bond acceptors (Lipinski definition) is 8. The van der Waals surface area contributed by atoms with Crippen LogP contribution in [0, 0.1) is 11.8 Å². The van der Waals surface area contributed by atoms with E-state index in [4.69, 9.17) is 9.72 Å². The second-order valence-electron chi connectivity index (χ2n) is 9.55. The van der Waals surface area contributed by atoms with Gasteiger partial charge in [0.15, 0.2) is 0 Å². The summed E-state index contributed by atoms with van der Waals surface area (Å²) in [5.41, 5.74) is 1.52. The highest BCUT2D eigenvalue weighted by molar-refractivity contribution is 5.77. The van der Waals surface area contributed by atoms with Gasteiger partial charge in [-0.05, 0) is 24.9 Å². The molecule has 188 valence electrons. The monoisotopic (exact) mass is 483 g/mol. The fourth-order valence-corrected chi connectivity index (χ4v) is 4.57. The molecular formula is C24H33N7O4. The number of likely N-dealkylation sites (tertiary alicyclic amines) is 1. The van der Waals surface area contributed by atoms with Gasteiger partial charge in [-0.15, -0.1) is 0 Å². The first-order chi connectivity index (χ1) is 16.7. The molecule has 4 rings (SSSR count). The number of likely N-dealkylation sites (N-methyl/N-ethyl adjacent to an activating group) is 1. The smallest absolute Gasteiger partial charge is 0.328 e. The third kappa shape index (κ3) is 5.79. The SMILES string of the molecule is CCC(Cn1ccc2cnc(Nc3cnn(CC(=O)OC4C[C@@H](C(=O)O)N(C)C4)c3)nc21)C(C)C. The third-order valence-electron chi connectivity index (χ3n) is 6.67. The van der Waals surface area contributed by atoms with Crippen LogP contribution in [0.5, 0.6) is 0 Å². The lowest BCUT2D eigenvalue weighted by Crippen LogP contribution is -2.32. The van der Waals surface area contributed by atoms with Gasteiger partial charge in [-0.3, -0.25) is 19.2 Å². The first-order valence-electron chi connectivity index (χ1n) is 12.0. The van der Waals surface area contributed by atoms with Gasteiger partial charge in [0.1, 0.15) is 24.3 Å². The van der Waals surface area contributed by atoms with Gasteiger partial charge < -0.3 is 19.7 Å². The summed E-state index contributed by atoms with van der Waals surface area (Å²) in [5.74, 6) is 0.227. The molecule has 1 aliphatic heterocycles. The van der Waals surface area contributed by atoms with Crippen LogP contribution in [0.15, 0.2) is 30.9 Å². The first kappa shape index (κ1) is 24.6. The Labute approximate surface area is 204 Å². The van der Waals surface area contributed by atoms with Crippen molar-refractivity contribution in [3.05, 3.63) is 30.9 Å². The van der Waals surface area contributed by atoms with Crippen LogP contribution in [0.3, 0.4) is 0 Å². The summed E-state index contributed by atoms with van der Waals surface area (Å²) < 4.78 is 9.09. The van der Waals surface area contributed by atoms with Crippen LogP contribution in [-0.2, 0) is 27.4 Å². The standard InChI is InChI=1S/C24H33N7O4/c1-5-16(15(2)3)11-30-7-6-17-9-25-24(28-22(17)30)27-18-10-26-31(12-18)14-21(32)35-19-8-20(23(33)34)29(4)13-19/h6-7,9-10,12,15-16,19-20H,5,8,11,13-14H2,1-4H3,(H,33,34)(H,25,27,28)/t16?,19?,20-/m0/s1. The molecule has 1 saturated heterocycles. The van der Waals surface area contributed by atoms with Crippen LogP contribution in [0.4, 0.5) is 11.6 Å². The van der Waals surface area contributed by atoms with E-state index in [2.05, 4.69) is 46.9 Å². The summed E-state index contributed by atoms with van der Waals surface area (Å²) in [6.07, 6.45) is 8.06. The highest BCUT2D eigenvalue weighted by Gasteiger charge is 2.36. The van der Waals surface area contributed by atoms with E-state index in [0.717, 1.165) is 24.0 Å². The lowest BCUT2D eigenvalue weighted by atomic mass is 9.93. The lowest BCUT2D eigenvalue weighted by Gasteiger charge is -2.20. The maximum Gasteiger partial charge on any atom is 0.328 e. The molecule has 0 spiro atoms. The Morgan fingerprint density at radius 2 is 2.11 bits per heavy atom. The Bertz CT molecular complexity index is 1190. The predicted octanol–water partition coefficient (Wildman–Crippen LogP) is 2.75. The molecule has 1 fully saturated rings. The summed E-state index contributed by atoms with van der Waals surface area (Å²) in [5, 5.41) is 17.6. The molecule has 2 N–H and O–H groups in total. The van der Waals surface area contributed by atoms with Crippen LogP contribution in [0.2, 0.25) is 0 Å². The van der Waals surface area contributed by atoms with Crippen molar-refractivity contribution in [3.63, 3.8) is 0 Å². The van der Waals surface area contributed by atoms with Gasteiger partial charge >= 0.3 is 11.9 Å². The Kier molecular flexibility index (Phi) is 7.34. The highest BCUT2D eigenvalue weighted by Crippen LogP contribution is 2.23. The highest BCUT2D eigenvalue weighted by atomic mass is 16.5. The minimum Gasteiger partial charge on any atom is -0.480 e. The normalized spacial score (nSPS) is 19.3. The number of anilines is 2. The molecule has 11 heteroatoms. The van der Waals surface area contributed by atoms with E-state index in [0.29, 0.717) is 30.0 Å². The van der Waals surface area contributed by atoms with Crippen molar-refractivity contribution in [1.82, 2.24) is 29.2 Å². The topological polar surface area (TPSA) is 127 Å². The van der Waals surface area contributed by atoms with Crippen molar-refractivity contribution in [2.75, 3.05) is 18.9 Å². The quantitative estimate of drug-likeness (QED) is 0.418. The Balaban J connectivity index is 1.37. The second kappa shape index (κ2) is 10.4. The molecule has 0 aromatic carbocycles. The minimum atomic E-state index is -0.911. The molecule has 11 nitrogen and oxygen atoms in total. The molecule has 3 aromatic rings. The lowest BCUT2D eigenvalue weighted by molar-refractivity contribution is -0.150. The number of esters is 1. The largest absolute Gasteiger partial charge is 0.480 e. The van der Waals surface area contributed by atoms with Crippen molar-refractivity contribution in [1.29, 1.82) is 0 Å². The van der Waals surface area contributed by atoms with Crippen LogP contribution in [-0.4, -0.2) is 72.0 Å². The van der Waals surface area contributed by atoms with E-state index < -0.39 is 24.1 Å². The molecule has 3 aromatic heterocycles. The summed E-state index contributed by atoms with van der Waals surface area (Å²) in [4.78, 5) is 34.4. The van der Waals surface area contributed by atoms with Gasteiger partial charge in [0.05, 0.1) is 11.9 Å². The van der Waals surface area contributed by atoms with E-state index in [9.17, 15) is 14.7 Å². The Hall–Kier alpha value is -3.47. The molecule has 4 heterocycles. The number of carboxylic acid groups (broad SMARTS) is 1. The number of aromatic nitrogens is 5. The molecule has 0 saturated carbocycles. The van der Waals surface area contributed by atoms with Gasteiger partial charge in [-0.2, -0.15) is 10.1 Å². The van der Waals surface area contributed by atoms with E-state index in [1.807, 2.05) is 6.07 Å². The average molecular weight is 484 g/mol. The number of rotatable bonds is 10. The van der Waals surface area contributed by atoms with Gasteiger partial charge in [-0.1, -0.05) is 27.2 Å². The molecule has 0 bridgehead atoms. The second-order valence-corrected chi connectivity index (χ2v) is 9.55. The number of carboxylic acids is 1. The molecule has 0 amide bonds. The van der Waals surface area contributed by atoms with E-state index in [-0.39, 0.29) is 13.0 Å². The van der Waals surface area contributed by atoms with Gasteiger partial charge in [0, 0.05) is 43.5 Å². The van der Waals surface area contributed by atoms with Gasteiger partial charge in [-0.25, -0.2) is 4.98 Å². The number of carbonyl (C=O) groups is 2. The zero-order valence-corrected chi connectivity index (χ0v) is 20.6. The Morgan fingerprint density at radius 1 is 1.31 bits per heavy atom. The van der Waals surface area contributed by atoms with Crippen molar-refractivity contribution in [2.24, 2.45) is 11.8 Å². The zero-order chi connectivity index (χ0) is 25.1. The van der Waals surface area contributed by atoms with E-state index >= 15 is 0 Å². The number of aliphatic carboxylic acids is 1. The summed E-state index contributed by atoms with van der Waals surface area (Å²) >= 11 is 0. The summed E-state index contributed by atoms with van der Waals surface area (Å²) in [7, 11) is 1.71. The van der Waals surface area contributed by atoms with Crippen LogP contribution < -0.4 is 5.32 Å². The van der Waals surface area contributed by atoms with Crippen LogP contribution in [0.1, 0.15) is 33.6 Å². The molecule has 0 aliphatic carbocycles. The average Bonchev–Trinajstić information content (AvgIpc) is 3.50. The maximum absolute atomic E-state index is 12.3. The van der Waals surface area contributed by atoms with Crippen molar-refractivity contribution in [2.45, 2.75) is 58.8 Å². The van der Waals surface area contributed by atoms with Crippen LogP contribution >= 0.6 is 0 Å². The molecule has 0 radical (unpaired) electrons. The zero-order valence-electron chi connectivity index (χ0n) is 20.6. The third-order valence-corrected chi connectivity index (χ3v) is 6.67. The van der Waals surface area contributed by atoms with Gasteiger partial charge in [0.25, 0.3) is 0 Å². The molecule has 3 atom stereocenters. The minimum absolute atomic E-state index is 0.0734. The number of ether oxygens (including phenoxy) is 1. The molecular weight excluding hydrogens is 450 g/mol. The fraction of sp³-hybridized carbons (Fsp3) is 0.542. The Morgan fingerprint density at radius 3 is 2.80 bits per heavy atom. The van der Waals surface area contributed by atoms with Crippen molar-refractivity contribution in [3.8, 4) is 0 Å². The van der Waals surface area contributed by atoms with Crippen molar-refractivity contribution < 1.29 is 19.4 Å². The number of nitrogens with one attached hydrogen (secondary N) is 1. The number of nitrogens with zero attached hydrogens (tertiary/aromatic N) is 6. The summed E-state index contributed by atoms with van der Waals surface area (Å²) in [6.45, 7) is 7.92. The number of fused-ring (bicyclic) bond motifs is 1. The molecule has 1 aliphatic rings. The molecule has 35 heavy (non-hydrogen) atoms. The van der Waals surface area contributed by atoms with Crippen molar-refractivity contribution >= 4 is 34.6 Å². The molecule has 2 unspecified atom stereocenters. The number of hydrogen-bond donors (Lipinski definition) is 2. The van der Waals surface area contributed by atoms with Crippen LogP contribution in [0.25, 0.3) is 11.0 Å². The maximum atomic E-state index is 12.3.